The molecular weight excluding hydrogens is 847 g/mol. The topological polar surface area (TPSA) is 56.5 Å². The van der Waals surface area contributed by atoms with Crippen LogP contribution in [-0.4, -0.2) is 24.5 Å². The minimum absolute atomic E-state index is 0.545. The molecule has 0 saturated heterocycles. The van der Waals surface area contributed by atoms with Crippen molar-refractivity contribution in [2.75, 3.05) is 0 Å². The maximum atomic E-state index is 5.57. The zero-order chi connectivity index (χ0) is 45.0. The minimum atomic E-state index is 0.545. The van der Waals surface area contributed by atoms with E-state index >= 15 is 0 Å². The highest BCUT2D eigenvalue weighted by Gasteiger charge is 2.24. The zero-order valence-electron chi connectivity index (χ0n) is 36.7. The van der Waals surface area contributed by atoms with Crippen LogP contribution in [0.15, 0.2) is 237 Å². The second-order valence-electron chi connectivity index (χ2n) is 16.9. The number of fused-ring (bicyclic) bond motifs is 7. The molecule has 5 nitrogen and oxygen atoms in total. The number of aromatic nitrogens is 5. The first-order chi connectivity index (χ1) is 33.7. The summed E-state index contributed by atoms with van der Waals surface area (Å²) in [5.41, 5.74) is 14.5. The highest BCUT2D eigenvalue weighted by molar-refractivity contribution is 7.26. The van der Waals surface area contributed by atoms with E-state index in [4.69, 9.17) is 19.9 Å². The maximum absolute atomic E-state index is 5.57. The van der Waals surface area contributed by atoms with Crippen LogP contribution in [0.25, 0.3) is 126 Å². The lowest BCUT2D eigenvalue weighted by molar-refractivity contribution is 1.07. The Morgan fingerprint density at radius 3 is 1.51 bits per heavy atom. The van der Waals surface area contributed by atoms with Gasteiger partial charge in [0.1, 0.15) is 0 Å². The van der Waals surface area contributed by atoms with E-state index in [1.807, 2.05) is 53.9 Å². The molecule has 0 atom stereocenters. The second-order valence-corrected chi connectivity index (χ2v) is 18.0. The van der Waals surface area contributed by atoms with E-state index in [0.29, 0.717) is 17.5 Å². The molecule has 6 heteroatoms. The van der Waals surface area contributed by atoms with E-state index in [1.54, 1.807) is 0 Å². The van der Waals surface area contributed by atoms with E-state index < -0.39 is 0 Å². The van der Waals surface area contributed by atoms with Crippen LogP contribution in [0.5, 0.6) is 0 Å². The van der Waals surface area contributed by atoms with Gasteiger partial charge in [-0.3, -0.25) is 4.98 Å². The lowest BCUT2D eigenvalue weighted by Crippen LogP contribution is -2.02. The summed E-state index contributed by atoms with van der Waals surface area (Å²) in [4.78, 5) is 21.4. The molecule has 0 aliphatic heterocycles. The van der Waals surface area contributed by atoms with Gasteiger partial charge in [-0.2, -0.15) is 0 Å². The Labute approximate surface area is 397 Å². The second kappa shape index (κ2) is 16.5. The van der Waals surface area contributed by atoms with Gasteiger partial charge < -0.3 is 4.57 Å². The fourth-order valence-corrected chi connectivity index (χ4v) is 11.1. The Kier molecular flexibility index (Phi) is 9.62. The van der Waals surface area contributed by atoms with Crippen molar-refractivity contribution < 1.29 is 0 Å². The molecule has 4 heterocycles. The number of benzene rings is 9. The van der Waals surface area contributed by atoms with Crippen LogP contribution in [0.1, 0.15) is 0 Å². The summed E-state index contributed by atoms with van der Waals surface area (Å²) in [5, 5.41) is 4.79. The SMILES string of the molecule is c1ccc(-c2nc(-c3ccccc3)nc(-c3cc(-c4c(-c5ccccc5)cccc4-c4ccccc4)cnc3-c3cccc4sc5c(ccc6c7ccccc7n(-c7ccccc7)c65)c34)n2)cc1. The summed E-state index contributed by atoms with van der Waals surface area (Å²) in [6, 6.07) is 81.1. The summed E-state index contributed by atoms with van der Waals surface area (Å²) in [5.74, 6) is 1.73. The molecule has 0 aliphatic rings. The quantitative estimate of drug-likeness (QED) is 0.153. The van der Waals surface area contributed by atoms with Gasteiger partial charge >= 0.3 is 0 Å². The van der Waals surface area contributed by atoms with Crippen molar-refractivity contribution in [3.63, 3.8) is 0 Å². The average Bonchev–Trinajstić information content (AvgIpc) is 3.98. The standard InChI is InChI=1S/C62H39N5S/c1-6-20-40(21-7-1)46-31-18-32-47(41-22-8-2-9-23-41)55(46)44-38-52(62-65-60(42-24-10-3-11-25-42)64-61(66-62)43-26-12-4-13-27-43)57(63-39-44)50-33-19-35-54-56(50)51-37-36-49-48-30-16-17-34-53(48)67(58(49)59(51)68-54)45-28-14-5-15-29-45/h1-39H. The molecule has 9 aromatic carbocycles. The lowest BCUT2D eigenvalue weighted by atomic mass is 9.87. The highest BCUT2D eigenvalue weighted by Crippen LogP contribution is 2.48. The van der Waals surface area contributed by atoms with Crippen molar-refractivity contribution in [2.45, 2.75) is 0 Å². The molecule has 68 heavy (non-hydrogen) atoms. The van der Waals surface area contributed by atoms with Gasteiger partial charge in [-0.25, -0.2) is 15.0 Å². The Morgan fingerprint density at radius 1 is 0.368 bits per heavy atom. The molecule has 0 N–H and O–H groups in total. The first kappa shape index (κ1) is 39.5. The van der Waals surface area contributed by atoms with Crippen molar-refractivity contribution in [3.05, 3.63) is 237 Å². The maximum Gasteiger partial charge on any atom is 0.166 e. The average molecular weight is 886 g/mol. The van der Waals surface area contributed by atoms with Crippen LogP contribution in [-0.2, 0) is 0 Å². The first-order valence-electron chi connectivity index (χ1n) is 22.8. The molecule has 13 rings (SSSR count). The zero-order valence-corrected chi connectivity index (χ0v) is 37.5. The monoisotopic (exact) mass is 885 g/mol. The van der Waals surface area contributed by atoms with E-state index in [2.05, 4.69) is 199 Å². The van der Waals surface area contributed by atoms with Gasteiger partial charge in [0.15, 0.2) is 17.5 Å². The number of hydrogen-bond donors (Lipinski definition) is 0. The van der Waals surface area contributed by atoms with Crippen molar-refractivity contribution in [3.8, 4) is 84.5 Å². The normalized spacial score (nSPS) is 11.5. The summed E-state index contributed by atoms with van der Waals surface area (Å²) >= 11 is 1.83. The van der Waals surface area contributed by atoms with Crippen LogP contribution in [0, 0.1) is 0 Å². The minimum Gasteiger partial charge on any atom is -0.308 e. The molecule has 0 saturated carbocycles. The van der Waals surface area contributed by atoms with E-state index in [-0.39, 0.29) is 0 Å². The Bertz CT molecular complexity index is 3880. The fourth-order valence-electron chi connectivity index (χ4n) is 9.87. The van der Waals surface area contributed by atoms with Crippen LogP contribution >= 0.6 is 11.3 Å². The molecule has 0 aliphatic carbocycles. The lowest BCUT2D eigenvalue weighted by Gasteiger charge is -2.18. The molecule has 0 amide bonds. The molecule has 0 bridgehead atoms. The fraction of sp³-hybridized carbons (Fsp3) is 0. The number of pyridine rings is 1. The summed E-state index contributed by atoms with van der Waals surface area (Å²) < 4.78 is 4.83. The van der Waals surface area contributed by atoms with Crippen molar-refractivity contribution in [1.29, 1.82) is 0 Å². The van der Waals surface area contributed by atoms with Crippen LogP contribution in [0.4, 0.5) is 0 Å². The largest absolute Gasteiger partial charge is 0.308 e. The number of thiophene rings is 1. The molecule has 13 aromatic rings. The Balaban J connectivity index is 1.12. The van der Waals surface area contributed by atoms with Crippen LogP contribution in [0.2, 0.25) is 0 Å². The van der Waals surface area contributed by atoms with Crippen molar-refractivity contribution in [2.24, 2.45) is 0 Å². The molecule has 318 valence electrons. The Hall–Kier alpha value is -8.84. The number of nitrogens with zero attached hydrogens (tertiary/aromatic N) is 5. The molecular formula is C62H39N5S. The van der Waals surface area contributed by atoms with Crippen LogP contribution < -0.4 is 0 Å². The van der Waals surface area contributed by atoms with Crippen molar-refractivity contribution in [1.82, 2.24) is 24.5 Å². The third-order valence-corrected chi connectivity index (χ3v) is 14.1. The summed E-state index contributed by atoms with van der Waals surface area (Å²) in [6.07, 6.45) is 2.04. The molecule has 4 aromatic heterocycles. The third-order valence-electron chi connectivity index (χ3n) is 12.9. The predicted molar refractivity (Wildman–Crippen MR) is 283 cm³/mol. The first-order valence-corrected chi connectivity index (χ1v) is 23.6. The van der Waals surface area contributed by atoms with Gasteiger partial charge in [-0.15, -0.1) is 11.3 Å². The smallest absolute Gasteiger partial charge is 0.166 e. The molecule has 0 radical (unpaired) electrons. The number of rotatable bonds is 8. The van der Waals surface area contributed by atoms with Gasteiger partial charge in [-0.1, -0.05) is 200 Å². The van der Waals surface area contributed by atoms with E-state index in [9.17, 15) is 0 Å². The molecule has 0 spiro atoms. The predicted octanol–water partition coefficient (Wildman–Crippen LogP) is 16.4. The van der Waals surface area contributed by atoms with Gasteiger partial charge in [0.25, 0.3) is 0 Å². The van der Waals surface area contributed by atoms with Gasteiger partial charge in [-0.05, 0) is 58.1 Å². The van der Waals surface area contributed by atoms with E-state index in [0.717, 1.165) is 72.4 Å². The number of hydrogen-bond acceptors (Lipinski definition) is 5. The van der Waals surface area contributed by atoms with Crippen molar-refractivity contribution >= 4 is 53.3 Å². The number of para-hydroxylation sites is 2. The molecule has 0 unspecified atom stereocenters. The Morgan fingerprint density at radius 2 is 0.882 bits per heavy atom. The van der Waals surface area contributed by atoms with E-state index in [1.165, 1.54) is 36.6 Å². The molecule has 0 fully saturated rings. The van der Waals surface area contributed by atoms with Gasteiger partial charge in [0, 0.05) is 65.9 Å². The highest BCUT2D eigenvalue weighted by atomic mass is 32.1. The summed E-state index contributed by atoms with van der Waals surface area (Å²) in [6.45, 7) is 0. The van der Waals surface area contributed by atoms with Gasteiger partial charge in [0.05, 0.1) is 21.4 Å². The summed E-state index contributed by atoms with van der Waals surface area (Å²) in [7, 11) is 0. The van der Waals surface area contributed by atoms with Crippen LogP contribution in [0.3, 0.4) is 0 Å². The van der Waals surface area contributed by atoms with Gasteiger partial charge in [0.2, 0.25) is 0 Å². The third kappa shape index (κ3) is 6.69.